The number of carbonyl (C=O) groups is 1. The van der Waals surface area contributed by atoms with Crippen LogP contribution in [0.1, 0.15) is 18.2 Å². The number of nitrogens with zero attached hydrogens (tertiary/aromatic N) is 5. The number of nitrogens with one attached hydrogen (secondary N) is 1. The molecular formula is C26H23F3N6O5S. The predicted octanol–water partition coefficient (Wildman–Crippen LogP) is 3.89. The first-order chi connectivity index (χ1) is 19.6. The van der Waals surface area contributed by atoms with Crippen molar-refractivity contribution in [1.29, 1.82) is 0 Å². The van der Waals surface area contributed by atoms with Gasteiger partial charge in [-0.15, -0.1) is 0 Å². The third-order valence-electron chi connectivity index (χ3n) is 6.92. The number of hydrogen-bond acceptors (Lipinski definition) is 7. The van der Waals surface area contributed by atoms with Gasteiger partial charge in [0.1, 0.15) is 24.4 Å². The van der Waals surface area contributed by atoms with E-state index in [-0.39, 0.29) is 30.2 Å². The second-order valence-corrected chi connectivity index (χ2v) is 11.4. The average Bonchev–Trinajstić information content (AvgIpc) is 3.75. The van der Waals surface area contributed by atoms with E-state index < -0.39 is 34.8 Å². The van der Waals surface area contributed by atoms with E-state index in [1.165, 1.54) is 29.4 Å². The van der Waals surface area contributed by atoms with Gasteiger partial charge >= 0.3 is 12.2 Å². The molecule has 1 fully saturated rings. The van der Waals surface area contributed by atoms with Crippen LogP contribution >= 0.6 is 0 Å². The summed E-state index contributed by atoms with van der Waals surface area (Å²) in [7, 11) is -3.98. The maximum atomic E-state index is 13.4. The Hall–Kier alpha value is -4.37. The Morgan fingerprint density at radius 3 is 2.63 bits per heavy atom. The fourth-order valence-electron chi connectivity index (χ4n) is 5.08. The van der Waals surface area contributed by atoms with E-state index in [1.54, 1.807) is 41.0 Å². The van der Waals surface area contributed by atoms with Gasteiger partial charge in [0.15, 0.2) is 17.2 Å². The lowest BCUT2D eigenvalue weighted by atomic mass is 10.2. The molecule has 5 heterocycles. The number of amides is 2. The number of aromatic nitrogens is 4. The zero-order valence-electron chi connectivity index (χ0n) is 21.2. The number of imidazole rings is 1. The van der Waals surface area contributed by atoms with E-state index in [0.717, 1.165) is 3.97 Å². The molecule has 214 valence electrons. The molecule has 0 radical (unpaired) electrons. The quantitative estimate of drug-likeness (QED) is 0.307. The summed E-state index contributed by atoms with van der Waals surface area (Å²) in [5.41, 5.74) is 1.10. The van der Waals surface area contributed by atoms with Gasteiger partial charge in [0, 0.05) is 24.7 Å². The van der Waals surface area contributed by atoms with E-state index in [9.17, 15) is 31.5 Å². The van der Waals surface area contributed by atoms with Gasteiger partial charge in [-0.2, -0.15) is 13.2 Å². The van der Waals surface area contributed by atoms with Crippen molar-refractivity contribution in [3.05, 3.63) is 66.7 Å². The zero-order valence-corrected chi connectivity index (χ0v) is 22.1. The minimum absolute atomic E-state index is 0.0720. The predicted molar refractivity (Wildman–Crippen MR) is 140 cm³/mol. The maximum absolute atomic E-state index is 13.4. The number of aliphatic hydroxyl groups excluding tert-OH is 1. The fraction of sp³-hybridized carbons (Fsp3) is 0.269. The molecule has 1 aromatic carbocycles. The smallest absolute Gasteiger partial charge is 0.405 e. The normalized spacial score (nSPS) is 16.2. The number of pyridine rings is 1. The van der Waals surface area contributed by atoms with Crippen LogP contribution in [0.3, 0.4) is 0 Å². The molecular weight excluding hydrogens is 565 g/mol. The van der Waals surface area contributed by atoms with Crippen LogP contribution in [0.4, 0.5) is 18.0 Å². The maximum Gasteiger partial charge on any atom is 0.405 e. The van der Waals surface area contributed by atoms with E-state index in [4.69, 9.17) is 9.40 Å². The van der Waals surface area contributed by atoms with Crippen LogP contribution in [0.15, 0.2) is 70.2 Å². The highest BCUT2D eigenvalue weighted by molar-refractivity contribution is 7.90. The zero-order chi connectivity index (χ0) is 28.9. The van der Waals surface area contributed by atoms with Gasteiger partial charge in [0.05, 0.1) is 22.7 Å². The minimum atomic E-state index is -4.54. The number of rotatable bonds is 6. The summed E-state index contributed by atoms with van der Waals surface area (Å²) in [5, 5.41) is 11.9. The third-order valence-corrected chi connectivity index (χ3v) is 8.60. The molecule has 6 rings (SSSR count). The summed E-state index contributed by atoms with van der Waals surface area (Å²) in [6.45, 7) is -1.53. The molecule has 4 aromatic heterocycles. The number of fused-ring (bicyclic) bond motifs is 3. The molecule has 0 spiro atoms. The van der Waals surface area contributed by atoms with Gasteiger partial charge in [-0.1, -0.05) is 18.2 Å². The van der Waals surface area contributed by atoms with E-state index >= 15 is 0 Å². The number of aliphatic hydroxyl groups is 1. The molecule has 0 unspecified atom stereocenters. The van der Waals surface area contributed by atoms with Crippen molar-refractivity contribution in [1.82, 2.24) is 28.7 Å². The Morgan fingerprint density at radius 1 is 1.15 bits per heavy atom. The average molecular weight is 589 g/mol. The Morgan fingerprint density at radius 2 is 1.93 bits per heavy atom. The van der Waals surface area contributed by atoms with Crippen molar-refractivity contribution in [2.45, 2.75) is 30.1 Å². The highest BCUT2D eigenvalue weighted by Gasteiger charge is 2.34. The molecule has 15 heteroatoms. The number of carbonyl (C=O) groups excluding carboxylic acids is 1. The van der Waals surface area contributed by atoms with Crippen LogP contribution in [-0.2, 0) is 16.6 Å². The molecule has 2 N–H and O–H groups in total. The van der Waals surface area contributed by atoms with Gasteiger partial charge in [-0.3, -0.25) is 0 Å². The summed E-state index contributed by atoms with van der Waals surface area (Å²) in [5.74, 6) is 0.950. The van der Waals surface area contributed by atoms with Gasteiger partial charge in [-0.25, -0.2) is 27.2 Å². The minimum Gasteiger partial charge on any atom is -0.455 e. The molecule has 5 aromatic rings. The molecule has 2 amide bonds. The summed E-state index contributed by atoms with van der Waals surface area (Å²) >= 11 is 0. The molecule has 0 aliphatic carbocycles. The second-order valence-electron chi connectivity index (χ2n) is 9.55. The second kappa shape index (κ2) is 9.92. The first kappa shape index (κ1) is 26.8. The van der Waals surface area contributed by atoms with Crippen molar-refractivity contribution >= 4 is 38.1 Å². The van der Waals surface area contributed by atoms with E-state index in [1.807, 2.05) is 5.32 Å². The van der Waals surface area contributed by atoms with Crippen molar-refractivity contribution in [2.75, 3.05) is 19.6 Å². The van der Waals surface area contributed by atoms with E-state index in [0.29, 0.717) is 40.2 Å². The Balaban J connectivity index is 1.47. The van der Waals surface area contributed by atoms with Gasteiger partial charge < -0.3 is 24.3 Å². The molecule has 1 aliphatic rings. The van der Waals surface area contributed by atoms with Crippen LogP contribution < -0.4 is 5.32 Å². The Kier molecular flexibility index (Phi) is 6.49. The van der Waals surface area contributed by atoms with Crippen molar-refractivity contribution in [2.24, 2.45) is 0 Å². The number of likely N-dealkylation sites (tertiary alicyclic amines) is 1. The Labute approximate surface area is 230 Å². The highest BCUT2D eigenvalue weighted by atomic mass is 32.2. The number of furan rings is 1. The van der Waals surface area contributed by atoms with Crippen molar-refractivity contribution in [3.8, 4) is 11.6 Å². The van der Waals surface area contributed by atoms with Crippen molar-refractivity contribution < 1.29 is 35.9 Å². The number of halogens is 3. The number of urea groups is 1. The number of benzene rings is 1. The largest absolute Gasteiger partial charge is 0.455 e. The van der Waals surface area contributed by atoms with Crippen LogP contribution in [0, 0.1) is 0 Å². The van der Waals surface area contributed by atoms with Gasteiger partial charge in [0.25, 0.3) is 10.0 Å². The SMILES string of the molecule is O=C(NCC(F)(F)F)N1CC[C@@H](n2c(-c3ccc(CO)o3)nc3cnc4c(ccn4S(=O)(=O)c4ccccc4)c32)C1. The summed E-state index contributed by atoms with van der Waals surface area (Å²) in [4.78, 5) is 23.0. The number of alkyl halides is 3. The molecule has 41 heavy (non-hydrogen) atoms. The van der Waals surface area contributed by atoms with Crippen LogP contribution in [-0.4, -0.2) is 68.8 Å². The molecule has 0 bridgehead atoms. The summed E-state index contributed by atoms with van der Waals surface area (Å²) in [6, 6.07) is 11.4. The van der Waals surface area contributed by atoms with Gasteiger partial charge in [-0.05, 0) is 36.8 Å². The van der Waals surface area contributed by atoms with Crippen LogP contribution in [0.5, 0.6) is 0 Å². The topological polar surface area (TPSA) is 135 Å². The van der Waals surface area contributed by atoms with E-state index in [2.05, 4.69) is 4.98 Å². The lowest BCUT2D eigenvalue weighted by Gasteiger charge is -2.20. The molecule has 1 aliphatic heterocycles. The fourth-order valence-corrected chi connectivity index (χ4v) is 6.41. The lowest BCUT2D eigenvalue weighted by molar-refractivity contribution is -0.123. The monoisotopic (exact) mass is 588 g/mol. The molecule has 11 nitrogen and oxygen atoms in total. The third kappa shape index (κ3) is 4.80. The van der Waals surface area contributed by atoms with Gasteiger partial charge in [0.2, 0.25) is 0 Å². The van der Waals surface area contributed by atoms with Crippen LogP contribution in [0.2, 0.25) is 0 Å². The first-order valence-corrected chi connectivity index (χ1v) is 14.0. The van der Waals surface area contributed by atoms with Crippen molar-refractivity contribution in [3.63, 3.8) is 0 Å². The highest BCUT2D eigenvalue weighted by Crippen LogP contribution is 2.37. The van der Waals surface area contributed by atoms with Crippen LogP contribution in [0.25, 0.3) is 33.7 Å². The Bertz CT molecular complexity index is 1860. The first-order valence-electron chi connectivity index (χ1n) is 12.5. The lowest BCUT2D eigenvalue weighted by Crippen LogP contribution is -2.42. The molecule has 1 saturated heterocycles. The number of hydrogen-bond donors (Lipinski definition) is 2. The summed E-state index contributed by atoms with van der Waals surface area (Å²) in [6.07, 6.45) is -1.32. The summed E-state index contributed by atoms with van der Waals surface area (Å²) < 4.78 is 73.5. The molecule has 0 saturated carbocycles. The standard InChI is InChI=1S/C26H23F3N6O5S/c27-26(28,29)15-31-25(37)33-10-8-16(13-33)35-22-19-9-11-34(41(38,39)18-4-2-1-3-5-18)23(19)30-12-20(22)32-24(35)21-7-6-17(14-36)40-21/h1-7,9,11-12,16,36H,8,10,13-15H2,(H,31,37)/t16-/m1/s1. The molecule has 1 atom stereocenters.